The summed E-state index contributed by atoms with van der Waals surface area (Å²) in [7, 11) is 0. The fourth-order valence-corrected chi connectivity index (χ4v) is 1.35. The number of aryl methyl sites for hydroxylation is 1. The molecule has 0 radical (unpaired) electrons. The Morgan fingerprint density at radius 1 is 1.47 bits per heavy atom. The van der Waals surface area contributed by atoms with Crippen LogP contribution < -0.4 is 5.32 Å². The highest BCUT2D eigenvalue weighted by molar-refractivity contribution is 9.10. The number of benzene rings is 1. The SMILES string of the molecule is Cc1cccc(CNC(=O)C(C)(C)Br)c1. The molecule has 82 valence electrons. The van der Waals surface area contributed by atoms with Gasteiger partial charge in [0.1, 0.15) is 0 Å². The molecular weight excluding hydrogens is 254 g/mol. The molecule has 1 N–H and O–H groups in total. The normalized spacial score (nSPS) is 11.2. The summed E-state index contributed by atoms with van der Waals surface area (Å²) in [5, 5.41) is 2.88. The number of nitrogens with one attached hydrogen (secondary N) is 1. The summed E-state index contributed by atoms with van der Waals surface area (Å²) in [6.45, 7) is 6.28. The lowest BCUT2D eigenvalue weighted by atomic mass is 10.1. The molecule has 1 aromatic carbocycles. The lowest BCUT2D eigenvalue weighted by molar-refractivity contribution is -0.122. The second kappa shape index (κ2) is 4.79. The van der Waals surface area contributed by atoms with Crippen molar-refractivity contribution in [2.24, 2.45) is 0 Å². The van der Waals surface area contributed by atoms with Gasteiger partial charge in [0, 0.05) is 6.54 Å². The maximum atomic E-state index is 11.6. The Balaban J connectivity index is 2.55. The fraction of sp³-hybridized carbons (Fsp3) is 0.417. The van der Waals surface area contributed by atoms with E-state index in [1.807, 2.05) is 39.0 Å². The molecule has 1 rings (SSSR count). The van der Waals surface area contributed by atoms with Gasteiger partial charge in [0.2, 0.25) is 5.91 Å². The zero-order valence-corrected chi connectivity index (χ0v) is 10.9. The van der Waals surface area contributed by atoms with Crippen molar-refractivity contribution >= 4 is 21.8 Å². The predicted octanol–water partition coefficient (Wildman–Crippen LogP) is 2.78. The van der Waals surface area contributed by atoms with E-state index in [9.17, 15) is 4.79 Å². The van der Waals surface area contributed by atoms with Gasteiger partial charge in [-0.1, -0.05) is 45.8 Å². The van der Waals surface area contributed by atoms with Gasteiger partial charge in [0.25, 0.3) is 0 Å². The van der Waals surface area contributed by atoms with Crippen molar-refractivity contribution in [3.8, 4) is 0 Å². The van der Waals surface area contributed by atoms with E-state index in [1.54, 1.807) is 0 Å². The largest absolute Gasteiger partial charge is 0.351 e. The van der Waals surface area contributed by atoms with Gasteiger partial charge in [-0.2, -0.15) is 0 Å². The summed E-state index contributed by atoms with van der Waals surface area (Å²) < 4.78 is -0.503. The van der Waals surface area contributed by atoms with Gasteiger partial charge in [-0.15, -0.1) is 0 Å². The molecule has 0 heterocycles. The maximum absolute atomic E-state index is 11.6. The monoisotopic (exact) mass is 269 g/mol. The Bertz CT molecular complexity index is 355. The first-order valence-electron chi connectivity index (χ1n) is 4.92. The van der Waals surface area contributed by atoms with Crippen LogP contribution in [0.1, 0.15) is 25.0 Å². The first kappa shape index (κ1) is 12.2. The lowest BCUT2D eigenvalue weighted by Gasteiger charge is -2.15. The second-order valence-electron chi connectivity index (χ2n) is 4.14. The molecule has 2 nitrogen and oxygen atoms in total. The number of halogens is 1. The molecule has 0 saturated carbocycles. The van der Waals surface area contributed by atoms with Gasteiger partial charge in [-0.25, -0.2) is 0 Å². The molecule has 0 saturated heterocycles. The third-order valence-corrected chi connectivity index (χ3v) is 2.44. The summed E-state index contributed by atoms with van der Waals surface area (Å²) in [5.41, 5.74) is 2.33. The van der Waals surface area contributed by atoms with Crippen LogP contribution in [0.25, 0.3) is 0 Å². The molecular formula is C12H16BrNO. The molecule has 15 heavy (non-hydrogen) atoms. The highest BCUT2D eigenvalue weighted by Crippen LogP contribution is 2.15. The van der Waals surface area contributed by atoms with E-state index >= 15 is 0 Å². The second-order valence-corrected chi connectivity index (χ2v) is 6.13. The van der Waals surface area contributed by atoms with E-state index in [0.29, 0.717) is 6.54 Å². The average Bonchev–Trinajstić information content (AvgIpc) is 2.12. The number of alkyl halides is 1. The minimum atomic E-state index is -0.503. The average molecular weight is 270 g/mol. The minimum absolute atomic E-state index is 0.00371. The fourth-order valence-electron chi connectivity index (χ4n) is 1.21. The topological polar surface area (TPSA) is 29.1 Å². The summed E-state index contributed by atoms with van der Waals surface area (Å²) >= 11 is 3.32. The molecule has 0 atom stereocenters. The first-order valence-corrected chi connectivity index (χ1v) is 5.71. The zero-order chi connectivity index (χ0) is 11.5. The molecule has 1 aromatic rings. The number of carbonyl (C=O) groups is 1. The summed E-state index contributed by atoms with van der Waals surface area (Å²) in [4.78, 5) is 11.6. The van der Waals surface area contributed by atoms with Crippen LogP contribution in [0.15, 0.2) is 24.3 Å². The summed E-state index contributed by atoms with van der Waals surface area (Å²) in [5.74, 6) is 0.00371. The molecule has 0 bridgehead atoms. The summed E-state index contributed by atoms with van der Waals surface area (Å²) in [6, 6.07) is 8.12. The van der Waals surface area contributed by atoms with Gasteiger partial charge < -0.3 is 5.32 Å². The van der Waals surface area contributed by atoms with Crippen molar-refractivity contribution in [3.05, 3.63) is 35.4 Å². The van der Waals surface area contributed by atoms with Crippen LogP contribution in [0.3, 0.4) is 0 Å². The number of rotatable bonds is 3. The quantitative estimate of drug-likeness (QED) is 0.841. The molecule has 0 aliphatic heterocycles. The number of hydrogen-bond acceptors (Lipinski definition) is 1. The highest BCUT2D eigenvalue weighted by Gasteiger charge is 2.22. The van der Waals surface area contributed by atoms with Gasteiger partial charge in [0.15, 0.2) is 0 Å². The van der Waals surface area contributed by atoms with Crippen LogP contribution in [0.4, 0.5) is 0 Å². The molecule has 0 aliphatic carbocycles. The van der Waals surface area contributed by atoms with Gasteiger partial charge in [0.05, 0.1) is 4.32 Å². The third-order valence-electron chi connectivity index (χ3n) is 2.08. The van der Waals surface area contributed by atoms with E-state index in [4.69, 9.17) is 0 Å². The van der Waals surface area contributed by atoms with Crippen LogP contribution in [0.2, 0.25) is 0 Å². The van der Waals surface area contributed by atoms with E-state index in [1.165, 1.54) is 5.56 Å². The van der Waals surface area contributed by atoms with Crippen LogP contribution in [-0.4, -0.2) is 10.2 Å². The standard InChI is InChI=1S/C12H16BrNO/c1-9-5-4-6-10(7-9)8-14-11(15)12(2,3)13/h4-7H,8H2,1-3H3,(H,14,15). The van der Waals surface area contributed by atoms with Crippen LogP contribution in [0.5, 0.6) is 0 Å². The van der Waals surface area contributed by atoms with Crippen molar-refractivity contribution in [1.82, 2.24) is 5.32 Å². The maximum Gasteiger partial charge on any atom is 0.236 e. The Kier molecular flexibility index (Phi) is 3.91. The van der Waals surface area contributed by atoms with Crippen molar-refractivity contribution in [1.29, 1.82) is 0 Å². The molecule has 0 spiro atoms. The van der Waals surface area contributed by atoms with E-state index in [2.05, 4.69) is 27.3 Å². The van der Waals surface area contributed by atoms with Crippen LogP contribution >= 0.6 is 15.9 Å². The minimum Gasteiger partial charge on any atom is -0.351 e. The summed E-state index contributed by atoms with van der Waals surface area (Å²) in [6.07, 6.45) is 0. The van der Waals surface area contributed by atoms with Gasteiger partial charge in [-0.05, 0) is 26.3 Å². The molecule has 0 fully saturated rings. The number of hydrogen-bond donors (Lipinski definition) is 1. The number of carbonyl (C=O) groups excluding carboxylic acids is 1. The smallest absolute Gasteiger partial charge is 0.236 e. The Morgan fingerprint density at radius 2 is 2.13 bits per heavy atom. The lowest BCUT2D eigenvalue weighted by Crippen LogP contribution is -2.37. The zero-order valence-electron chi connectivity index (χ0n) is 9.30. The van der Waals surface area contributed by atoms with Crippen LogP contribution in [-0.2, 0) is 11.3 Å². The van der Waals surface area contributed by atoms with Crippen molar-refractivity contribution in [2.45, 2.75) is 31.6 Å². The molecule has 0 unspecified atom stereocenters. The molecule has 1 amide bonds. The first-order chi connectivity index (χ1) is 6.89. The Labute approximate surface area is 99.2 Å². The number of amides is 1. The van der Waals surface area contributed by atoms with Gasteiger partial charge >= 0.3 is 0 Å². The Morgan fingerprint density at radius 3 is 2.67 bits per heavy atom. The van der Waals surface area contributed by atoms with Crippen molar-refractivity contribution < 1.29 is 4.79 Å². The van der Waals surface area contributed by atoms with Gasteiger partial charge in [-0.3, -0.25) is 4.79 Å². The van der Waals surface area contributed by atoms with Crippen LogP contribution in [0, 0.1) is 6.92 Å². The van der Waals surface area contributed by atoms with Crippen molar-refractivity contribution in [3.63, 3.8) is 0 Å². The third kappa shape index (κ3) is 4.04. The molecule has 0 aliphatic rings. The Hall–Kier alpha value is -0.830. The van der Waals surface area contributed by atoms with E-state index in [0.717, 1.165) is 5.56 Å². The van der Waals surface area contributed by atoms with E-state index < -0.39 is 4.32 Å². The highest BCUT2D eigenvalue weighted by atomic mass is 79.9. The van der Waals surface area contributed by atoms with E-state index in [-0.39, 0.29) is 5.91 Å². The van der Waals surface area contributed by atoms with Crippen molar-refractivity contribution in [2.75, 3.05) is 0 Å². The molecule has 0 aromatic heterocycles. The molecule has 3 heteroatoms. The predicted molar refractivity (Wildman–Crippen MR) is 66.0 cm³/mol.